The molecule has 28 heavy (non-hydrogen) atoms. The molecular formula is C20H12BrCl2NO3S. The molecule has 1 saturated heterocycles. The van der Waals surface area contributed by atoms with Gasteiger partial charge in [-0.3, -0.25) is 14.5 Å². The maximum atomic E-state index is 12.4. The summed E-state index contributed by atoms with van der Waals surface area (Å²) in [7, 11) is 0. The van der Waals surface area contributed by atoms with E-state index in [1.807, 2.05) is 6.07 Å². The van der Waals surface area contributed by atoms with Crippen molar-refractivity contribution in [2.75, 3.05) is 6.54 Å². The fourth-order valence-electron chi connectivity index (χ4n) is 2.43. The van der Waals surface area contributed by atoms with Gasteiger partial charge in [0.2, 0.25) is 0 Å². The van der Waals surface area contributed by atoms with Gasteiger partial charge in [0, 0.05) is 25.6 Å². The number of carbonyl (C=O) groups is 2. The number of benzene rings is 2. The van der Waals surface area contributed by atoms with Crippen LogP contribution >= 0.6 is 50.9 Å². The summed E-state index contributed by atoms with van der Waals surface area (Å²) in [4.78, 5) is 25.7. The SMILES string of the molecule is C#CCN1C(=O)S/C(=C/c2cc(Br)ccc2OCc2ccc(Cl)cc2Cl)C1=O. The van der Waals surface area contributed by atoms with Gasteiger partial charge >= 0.3 is 0 Å². The average molecular weight is 497 g/mol. The molecule has 0 aliphatic carbocycles. The van der Waals surface area contributed by atoms with Crippen molar-refractivity contribution < 1.29 is 14.3 Å². The molecule has 2 aromatic carbocycles. The number of amides is 2. The number of hydrogen-bond acceptors (Lipinski definition) is 4. The van der Waals surface area contributed by atoms with Crippen molar-refractivity contribution in [2.45, 2.75) is 6.61 Å². The topological polar surface area (TPSA) is 46.6 Å². The van der Waals surface area contributed by atoms with E-state index in [-0.39, 0.29) is 23.3 Å². The van der Waals surface area contributed by atoms with Crippen LogP contribution < -0.4 is 4.74 Å². The van der Waals surface area contributed by atoms with E-state index in [0.717, 1.165) is 26.7 Å². The molecule has 1 heterocycles. The van der Waals surface area contributed by atoms with Gasteiger partial charge in [-0.2, -0.15) is 0 Å². The molecule has 0 atom stereocenters. The fraction of sp³-hybridized carbons (Fsp3) is 0.100. The molecule has 2 aromatic rings. The first-order valence-electron chi connectivity index (χ1n) is 7.94. The van der Waals surface area contributed by atoms with Crippen molar-refractivity contribution in [3.8, 4) is 18.1 Å². The highest BCUT2D eigenvalue weighted by Gasteiger charge is 2.34. The Kier molecular flexibility index (Phi) is 6.73. The second-order valence-corrected chi connectivity index (χ2v) is 8.43. The van der Waals surface area contributed by atoms with E-state index in [4.69, 9.17) is 34.4 Å². The van der Waals surface area contributed by atoms with Gasteiger partial charge in [-0.25, -0.2) is 0 Å². The number of nitrogens with zero attached hydrogens (tertiary/aromatic N) is 1. The summed E-state index contributed by atoms with van der Waals surface area (Å²) in [6.07, 6.45) is 6.84. The third-order valence-corrected chi connectivity index (χ3v) is 5.77. The second kappa shape index (κ2) is 9.06. The van der Waals surface area contributed by atoms with Gasteiger partial charge in [-0.15, -0.1) is 6.42 Å². The fourth-order valence-corrected chi connectivity index (χ4v) is 4.10. The van der Waals surface area contributed by atoms with Crippen LogP contribution in [0.4, 0.5) is 4.79 Å². The highest BCUT2D eigenvalue weighted by atomic mass is 79.9. The molecule has 0 spiro atoms. The minimum absolute atomic E-state index is 0.0566. The summed E-state index contributed by atoms with van der Waals surface area (Å²) >= 11 is 16.4. The lowest BCUT2D eigenvalue weighted by Gasteiger charge is -2.12. The van der Waals surface area contributed by atoms with Crippen LogP contribution in [0.5, 0.6) is 5.75 Å². The first-order valence-corrected chi connectivity index (χ1v) is 10.3. The lowest BCUT2D eigenvalue weighted by Crippen LogP contribution is -2.28. The van der Waals surface area contributed by atoms with Crippen LogP contribution in [0, 0.1) is 12.3 Å². The lowest BCUT2D eigenvalue weighted by molar-refractivity contribution is -0.122. The molecule has 0 aromatic heterocycles. The van der Waals surface area contributed by atoms with E-state index >= 15 is 0 Å². The van der Waals surface area contributed by atoms with Crippen LogP contribution in [-0.4, -0.2) is 22.6 Å². The van der Waals surface area contributed by atoms with Crippen molar-refractivity contribution in [1.82, 2.24) is 4.90 Å². The molecule has 0 unspecified atom stereocenters. The van der Waals surface area contributed by atoms with E-state index in [9.17, 15) is 9.59 Å². The summed E-state index contributed by atoms with van der Waals surface area (Å²) in [5.41, 5.74) is 1.42. The van der Waals surface area contributed by atoms with Crippen LogP contribution in [0.2, 0.25) is 10.0 Å². The number of ether oxygens (including phenoxy) is 1. The molecule has 1 aliphatic heterocycles. The second-order valence-electron chi connectivity index (χ2n) is 5.68. The van der Waals surface area contributed by atoms with E-state index in [1.165, 1.54) is 0 Å². The Morgan fingerprint density at radius 3 is 2.71 bits per heavy atom. The number of imide groups is 1. The molecule has 4 nitrogen and oxygen atoms in total. The van der Waals surface area contributed by atoms with Crippen LogP contribution in [0.15, 0.2) is 45.8 Å². The molecule has 0 saturated carbocycles. The smallest absolute Gasteiger partial charge is 0.294 e. The average Bonchev–Trinajstić information content (AvgIpc) is 2.90. The zero-order chi connectivity index (χ0) is 20.3. The van der Waals surface area contributed by atoms with E-state index in [0.29, 0.717) is 21.4 Å². The predicted octanol–water partition coefficient (Wildman–Crippen LogP) is 6.00. The predicted molar refractivity (Wildman–Crippen MR) is 116 cm³/mol. The van der Waals surface area contributed by atoms with E-state index < -0.39 is 5.91 Å². The standard InChI is InChI=1S/C20H12BrCl2NO3S/c1-2-7-24-19(25)18(28-20(24)26)9-13-8-14(21)4-6-17(13)27-11-12-3-5-15(22)10-16(12)23/h1,3-6,8-10H,7,11H2/b18-9+. The van der Waals surface area contributed by atoms with Crippen LogP contribution in [-0.2, 0) is 11.4 Å². The van der Waals surface area contributed by atoms with Gasteiger partial charge < -0.3 is 4.74 Å². The third-order valence-electron chi connectivity index (χ3n) is 3.78. The molecule has 1 fully saturated rings. The van der Waals surface area contributed by atoms with Gasteiger partial charge in [-0.05, 0) is 48.2 Å². The Morgan fingerprint density at radius 1 is 1.21 bits per heavy atom. The molecule has 2 amide bonds. The normalized spacial score (nSPS) is 15.2. The Balaban J connectivity index is 1.86. The highest BCUT2D eigenvalue weighted by Crippen LogP contribution is 2.35. The Morgan fingerprint density at radius 2 is 2.00 bits per heavy atom. The molecule has 0 bridgehead atoms. The minimum Gasteiger partial charge on any atom is -0.488 e. The molecule has 3 rings (SSSR count). The number of thioether (sulfide) groups is 1. The summed E-state index contributed by atoms with van der Waals surface area (Å²) in [5, 5.41) is 0.655. The Hall–Kier alpha value is -1.91. The van der Waals surface area contributed by atoms with E-state index in [1.54, 1.807) is 36.4 Å². The van der Waals surface area contributed by atoms with Crippen molar-refractivity contribution in [1.29, 1.82) is 0 Å². The van der Waals surface area contributed by atoms with Crippen molar-refractivity contribution >= 4 is 68.1 Å². The minimum atomic E-state index is -0.417. The lowest BCUT2D eigenvalue weighted by atomic mass is 10.1. The van der Waals surface area contributed by atoms with Gasteiger partial charge in [0.05, 0.1) is 11.4 Å². The van der Waals surface area contributed by atoms with Crippen molar-refractivity contribution in [3.63, 3.8) is 0 Å². The number of hydrogen-bond donors (Lipinski definition) is 0. The maximum absolute atomic E-state index is 12.4. The van der Waals surface area contributed by atoms with Crippen molar-refractivity contribution in [3.05, 3.63) is 66.9 Å². The van der Waals surface area contributed by atoms with Gasteiger partial charge in [-0.1, -0.05) is 51.1 Å². The molecule has 8 heteroatoms. The summed E-state index contributed by atoms with van der Waals surface area (Å²) in [6, 6.07) is 10.6. The van der Waals surface area contributed by atoms with Crippen LogP contribution in [0.1, 0.15) is 11.1 Å². The summed E-state index contributed by atoms with van der Waals surface area (Å²) < 4.78 is 6.71. The summed E-state index contributed by atoms with van der Waals surface area (Å²) in [5.74, 6) is 2.44. The Labute approximate surface area is 185 Å². The molecule has 1 aliphatic rings. The molecular weight excluding hydrogens is 485 g/mol. The van der Waals surface area contributed by atoms with E-state index in [2.05, 4.69) is 21.9 Å². The molecule has 0 N–H and O–H groups in total. The van der Waals surface area contributed by atoms with Crippen LogP contribution in [0.3, 0.4) is 0 Å². The van der Waals surface area contributed by atoms with Crippen LogP contribution in [0.25, 0.3) is 6.08 Å². The number of rotatable bonds is 5. The monoisotopic (exact) mass is 495 g/mol. The molecule has 0 radical (unpaired) electrons. The highest BCUT2D eigenvalue weighted by molar-refractivity contribution is 9.10. The number of halogens is 3. The number of carbonyl (C=O) groups excluding carboxylic acids is 2. The first kappa shape index (κ1) is 20.8. The van der Waals surface area contributed by atoms with Gasteiger partial charge in [0.1, 0.15) is 12.4 Å². The molecule has 142 valence electrons. The largest absolute Gasteiger partial charge is 0.488 e. The zero-order valence-electron chi connectivity index (χ0n) is 14.2. The first-order chi connectivity index (χ1) is 13.4. The maximum Gasteiger partial charge on any atom is 0.294 e. The Bertz CT molecular complexity index is 1030. The number of terminal acetylenes is 1. The van der Waals surface area contributed by atoms with Crippen molar-refractivity contribution in [2.24, 2.45) is 0 Å². The quantitative estimate of drug-likeness (QED) is 0.376. The third kappa shape index (κ3) is 4.73. The summed E-state index contributed by atoms with van der Waals surface area (Å²) in [6.45, 7) is 0.163. The van der Waals surface area contributed by atoms with Gasteiger partial charge in [0.25, 0.3) is 11.1 Å². The zero-order valence-corrected chi connectivity index (χ0v) is 18.2. The van der Waals surface area contributed by atoms with Gasteiger partial charge in [0.15, 0.2) is 0 Å².